The van der Waals surface area contributed by atoms with Gasteiger partial charge in [-0.05, 0) is 29.5 Å². The minimum atomic E-state index is -0.117. The molecule has 0 aliphatic carbocycles. The highest BCUT2D eigenvalue weighted by Crippen LogP contribution is 2.05. The molecule has 90 valence electrons. The molecule has 16 heavy (non-hydrogen) atoms. The van der Waals surface area contributed by atoms with Gasteiger partial charge in [-0.1, -0.05) is 0 Å². The van der Waals surface area contributed by atoms with E-state index in [0.717, 1.165) is 0 Å². The monoisotopic (exact) mass is 338 g/mol. The number of hydrogen-bond acceptors (Lipinski definition) is 4. The van der Waals surface area contributed by atoms with Crippen LogP contribution in [0, 0.1) is 3.57 Å². The number of rotatable bonds is 6. The van der Waals surface area contributed by atoms with Crippen molar-refractivity contribution in [3.05, 3.63) is 25.4 Å². The molecule has 0 atom stereocenters. The molecule has 1 aromatic heterocycles. The van der Waals surface area contributed by atoms with Crippen molar-refractivity contribution in [2.45, 2.75) is 20.0 Å². The van der Waals surface area contributed by atoms with Crippen molar-refractivity contribution < 1.29 is 9.47 Å². The molecule has 0 aliphatic rings. The predicted octanol–water partition coefficient (Wildman–Crippen LogP) is 1.10. The Balaban J connectivity index is 2.82. The summed E-state index contributed by atoms with van der Waals surface area (Å²) in [6.45, 7) is 3.51. The molecule has 0 saturated carbocycles. The Kier molecular flexibility index (Phi) is 5.93. The number of H-pyrrole nitrogens is 1. The van der Waals surface area contributed by atoms with Crippen LogP contribution in [0.5, 0.6) is 0 Å². The molecular formula is C10H15IN2O3. The Morgan fingerprint density at radius 3 is 2.88 bits per heavy atom. The van der Waals surface area contributed by atoms with Gasteiger partial charge in [0, 0.05) is 20.1 Å². The van der Waals surface area contributed by atoms with E-state index in [2.05, 4.69) is 9.97 Å². The number of aromatic amines is 1. The fourth-order valence-corrected chi connectivity index (χ4v) is 1.63. The minimum absolute atomic E-state index is 0.117. The summed E-state index contributed by atoms with van der Waals surface area (Å²) >= 11 is 1.97. The van der Waals surface area contributed by atoms with Crippen molar-refractivity contribution in [3.63, 3.8) is 0 Å². The first-order valence-corrected chi connectivity index (χ1v) is 6.11. The van der Waals surface area contributed by atoms with Gasteiger partial charge in [0.25, 0.3) is 5.56 Å². The second-order valence-corrected chi connectivity index (χ2v) is 4.23. The van der Waals surface area contributed by atoms with Crippen molar-refractivity contribution in [2.24, 2.45) is 0 Å². The van der Waals surface area contributed by atoms with Crippen molar-refractivity contribution in [3.8, 4) is 0 Å². The maximum Gasteiger partial charge on any atom is 0.264 e. The van der Waals surface area contributed by atoms with Crippen molar-refractivity contribution in [1.29, 1.82) is 0 Å². The maximum absolute atomic E-state index is 11.6. The molecule has 0 fully saturated rings. The van der Waals surface area contributed by atoms with Crippen molar-refractivity contribution >= 4 is 22.6 Å². The van der Waals surface area contributed by atoms with Crippen LogP contribution in [0.15, 0.2) is 4.79 Å². The Hall–Kier alpha value is -0.470. The van der Waals surface area contributed by atoms with Crippen LogP contribution in [0.4, 0.5) is 0 Å². The molecule has 0 amide bonds. The second-order valence-electron chi connectivity index (χ2n) is 3.15. The van der Waals surface area contributed by atoms with Crippen LogP contribution in [0.1, 0.15) is 18.4 Å². The Morgan fingerprint density at radius 2 is 2.25 bits per heavy atom. The van der Waals surface area contributed by atoms with Crippen LogP contribution >= 0.6 is 22.6 Å². The summed E-state index contributed by atoms with van der Waals surface area (Å²) in [5.74, 6) is 0.644. The highest BCUT2D eigenvalue weighted by molar-refractivity contribution is 14.1. The first kappa shape index (κ1) is 13.6. The Labute approximate surface area is 108 Å². The van der Waals surface area contributed by atoms with E-state index in [9.17, 15) is 4.79 Å². The minimum Gasteiger partial charge on any atom is -0.381 e. The van der Waals surface area contributed by atoms with Crippen LogP contribution in [0.25, 0.3) is 0 Å². The zero-order valence-electron chi connectivity index (χ0n) is 9.38. The van der Waals surface area contributed by atoms with Gasteiger partial charge in [0.05, 0.1) is 18.9 Å². The van der Waals surface area contributed by atoms with Gasteiger partial charge in [0.15, 0.2) is 0 Å². The topological polar surface area (TPSA) is 64.2 Å². The first-order valence-electron chi connectivity index (χ1n) is 5.03. The summed E-state index contributed by atoms with van der Waals surface area (Å²) in [6, 6.07) is 0. The molecular weight excluding hydrogens is 323 g/mol. The third-order valence-electron chi connectivity index (χ3n) is 1.95. The van der Waals surface area contributed by atoms with Gasteiger partial charge in [0.1, 0.15) is 9.39 Å². The van der Waals surface area contributed by atoms with Gasteiger partial charge in [0.2, 0.25) is 0 Å². The van der Waals surface area contributed by atoms with E-state index < -0.39 is 0 Å². The molecule has 5 nitrogen and oxygen atoms in total. The lowest BCUT2D eigenvalue weighted by Crippen LogP contribution is -2.19. The van der Waals surface area contributed by atoms with Crippen molar-refractivity contribution in [1.82, 2.24) is 9.97 Å². The highest BCUT2D eigenvalue weighted by Gasteiger charge is 2.08. The van der Waals surface area contributed by atoms with Gasteiger partial charge in [-0.3, -0.25) is 4.79 Å². The number of nitrogens with zero attached hydrogens (tertiary/aromatic N) is 1. The molecule has 1 N–H and O–H groups in total. The van der Waals surface area contributed by atoms with Crippen LogP contribution in [0.3, 0.4) is 0 Å². The lowest BCUT2D eigenvalue weighted by molar-refractivity contribution is 0.149. The lowest BCUT2D eigenvalue weighted by Gasteiger charge is -2.06. The van der Waals surface area contributed by atoms with E-state index >= 15 is 0 Å². The first-order chi connectivity index (χ1) is 7.69. The fourth-order valence-electron chi connectivity index (χ4n) is 1.22. The van der Waals surface area contributed by atoms with Crippen LogP contribution in [-0.4, -0.2) is 30.3 Å². The average Bonchev–Trinajstić information content (AvgIpc) is 2.26. The number of aromatic nitrogens is 2. The average molecular weight is 338 g/mol. The lowest BCUT2D eigenvalue weighted by atomic mass is 10.3. The Morgan fingerprint density at radius 1 is 1.50 bits per heavy atom. The maximum atomic E-state index is 11.6. The zero-order chi connectivity index (χ0) is 12.0. The smallest absolute Gasteiger partial charge is 0.264 e. The van der Waals surface area contributed by atoms with E-state index in [1.165, 1.54) is 0 Å². The summed E-state index contributed by atoms with van der Waals surface area (Å²) in [5.41, 5.74) is 0.562. The molecule has 1 heterocycles. The molecule has 0 aliphatic heterocycles. The summed E-state index contributed by atoms with van der Waals surface area (Å²) in [4.78, 5) is 18.6. The number of methoxy groups -OCH3 is 1. The van der Waals surface area contributed by atoms with Crippen LogP contribution < -0.4 is 5.56 Å². The van der Waals surface area contributed by atoms with Crippen LogP contribution in [0.2, 0.25) is 0 Å². The molecule has 0 unspecified atom stereocenters. The standard InChI is InChI=1S/C10H15IN2O3/c1-3-16-5-4-8-12-7(6-15-2)9(11)10(14)13-8/h3-6H2,1-2H3,(H,12,13,14). The summed E-state index contributed by atoms with van der Waals surface area (Å²) in [6.07, 6.45) is 0.608. The normalized spacial score (nSPS) is 10.7. The quantitative estimate of drug-likeness (QED) is 0.623. The number of nitrogens with one attached hydrogen (secondary N) is 1. The zero-order valence-corrected chi connectivity index (χ0v) is 11.5. The van der Waals surface area contributed by atoms with Gasteiger partial charge < -0.3 is 14.5 Å². The molecule has 0 bridgehead atoms. The molecule has 1 rings (SSSR count). The summed E-state index contributed by atoms with van der Waals surface area (Å²) in [7, 11) is 1.58. The van der Waals surface area contributed by atoms with Gasteiger partial charge >= 0.3 is 0 Å². The molecule has 0 spiro atoms. The van der Waals surface area contributed by atoms with E-state index in [1.807, 2.05) is 29.5 Å². The van der Waals surface area contributed by atoms with Gasteiger partial charge in [-0.15, -0.1) is 0 Å². The third-order valence-corrected chi connectivity index (χ3v) is 3.06. The van der Waals surface area contributed by atoms with Gasteiger partial charge in [-0.2, -0.15) is 0 Å². The highest BCUT2D eigenvalue weighted by atomic mass is 127. The summed E-state index contributed by atoms with van der Waals surface area (Å²) in [5, 5.41) is 0. The molecule has 0 saturated heterocycles. The van der Waals surface area contributed by atoms with Crippen molar-refractivity contribution in [2.75, 3.05) is 20.3 Å². The largest absolute Gasteiger partial charge is 0.381 e. The SMILES string of the molecule is CCOCCc1nc(COC)c(I)c(=O)[nH]1. The van der Waals surface area contributed by atoms with E-state index in [-0.39, 0.29) is 5.56 Å². The van der Waals surface area contributed by atoms with E-state index in [4.69, 9.17) is 9.47 Å². The number of ether oxygens (including phenoxy) is 2. The second kappa shape index (κ2) is 6.97. The molecule has 0 radical (unpaired) electrons. The predicted molar refractivity (Wildman–Crippen MR) is 68.5 cm³/mol. The molecule has 0 aromatic carbocycles. The molecule has 1 aromatic rings. The number of halogens is 1. The van der Waals surface area contributed by atoms with Gasteiger partial charge in [-0.25, -0.2) is 4.98 Å². The van der Waals surface area contributed by atoms with E-state index in [0.29, 0.717) is 41.3 Å². The molecule has 6 heteroatoms. The fraction of sp³-hybridized carbons (Fsp3) is 0.600. The number of hydrogen-bond donors (Lipinski definition) is 1. The van der Waals surface area contributed by atoms with Crippen LogP contribution in [-0.2, 0) is 22.5 Å². The third kappa shape index (κ3) is 3.84. The summed E-state index contributed by atoms with van der Waals surface area (Å²) < 4.78 is 10.8. The van der Waals surface area contributed by atoms with E-state index in [1.54, 1.807) is 7.11 Å². The Bertz CT molecular complexity index is 392.